The van der Waals surface area contributed by atoms with Crippen molar-refractivity contribution in [1.82, 2.24) is 9.97 Å². The molecule has 1 unspecified atom stereocenters. The smallest absolute Gasteiger partial charge is 0.406 e. The Morgan fingerprint density at radius 3 is 2.23 bits per heavy atom. The topological polar surface area (TPSA) is 55.2 Å². The molecule has 1 atom stereocenters. The van der Waals surface area contributed by atoms with Crippen molar-refractivity contribution in [1.29, 1.82) is 0 Å². The molecule has 0 fully saturated rings. The van der Waals surface area contributed by atoms with E-state index in [1.54, 1.807) is 31.5 Å². The number of benzene rings is 2. The fourth-order valence-corrected chi connectivity index (χ4v) is 3.02. The summed E-state index contributed by atoms with van der Waals surface area (Å²) >= 11 is 0. The molecule has 0 amide bonds. The van der Waals surface area contributed by atoms with Crippen molar-refractivity contribution in [3.8, 4) is 16.9 Å². The molecule has 0 aliphatic heterocycles. The van der Waals surface area contributed by atoms with Gasteiger partial charge in [-0.2, -0.15) is 0 Å². The number of aliphatic hydroxyl groups excluding tert-OH is 1. The lowest BCUT2D eigenvalue weighted by Gasteiger charge is -2.17. The maximum absolute atomic E-state index is 12.3. The van der Waals surface area contributed by atoms with E-state index in [1.165, 1.54) is 12.1 Å². The summed E-state index contributed by atoms with van der Waals surface area (Å²) < 4.78 is 40.9. The van der Waals surface area contributed by atoms with E-state index in [1.807, 2.05) is 13.0 Å². The Kier molecular flexibility index (Phi) is 4.82. The number of aromatic nitrogens is 2. The van der Waals surface area contributed by atoms with E-state index >= 15 is 0 Å². The summed E-state index contributed by atoms with van der Waals surface area (Å²) in [5, 5.41) is 10.1. The maximum Gasteiger partial charge on any atom is 0.573 e. The molecule has 136 valence electrons. The minimum absolute atomic E-state index is 0.284. The highest BCUT2D eigenvalue weighted by molar-refractivity contribution is 5.94. The Balaban J connectivity index is 2.15. The first kappa shape index (κ1) is 18.1. The van der Waals surface area contributed by atoms with Crippen LogP contribution in [0.5, 0.6) is 5.75 Å². The summed E-state index contributed by atoms with van der Waals surface area (Å²) in [5.74, 6) is -0.284. The van der Waals surface area contributed by atoms with Gasteiger partial charge in [-0.15, -0.1) is 13.2 Å². The molecule has 1 heterocycles. The van der Waals surface area contributed by atoms with Crippen LogP contribution in [0.4, 0.5) is 13.2 Å². The number of ether oxygens (including phenoxy) is 1. The number of fused-ring (bicyclic) bond motifs is 1. The lowest BCUT2D eigenvalue weighted by atomic mass is 9.93. The number of halogens is 3. The van der Waals surface area contributed by atoms with Crippen LogP contribution in [0.15, 0.2) is 42.7 Å². The molecule has 3 rings (SSSR count). The third-order valence-electron chi connectivity index (χ3n) is 4.07. The fraction of sp³-hybridized carbons (Fsp3) is 0.263. The van der Waals surface area contributed by atoms with Crippen molar-refractivity contribution in [2.24, 2.45) is 0 Å². The van der Waals surface area contributed by atoms with Gasteiger partial charge in [0.1, 0.15) is 5.75 Å². The maximum atomic E-state index is 12.3. The third kappa shape index (κ3) is 3.62. The van der Waals surface area contributed by atoms with Gasteiger partial charge >= 0.3 is 6.36 Å². The Hall–Kier alpha value is -2.67. The molecule has 1 N–H and O–H groups in total. The first-order valence-electron chi connectivity index (χ1n) is 8.11. The van der Waals surface area contributed by atoms with Crippen LogP contribution >= 0.6 is 0 Å². The number of alkyl halides is 3. The Morgan fingerprint density at radius 2 is 1.69 bits per heavy atom. The van der Waals surface area contributed by atoms with Crippen LogP contribution in [0.1, 0.15) is 31.1 Å². The number of nitrogens with zero attached hydrogens (tertiary/aromatic N) is 2. The molecule has 0 bridgehead atoms. The van der Waals surface area contributed by atoms with Gasteiger partial charge in [0.2, 0.25) is 0 Å². The number of hydrogen-bond donors (Lipinski definition) is 1. The molecule has 0 saturated heterocycles. The van der Waals surface area contributed by atoms with Crippen LogP contribution in [-0.2, 0) is 6.42 Å². The second-order valence-electron chi connectivity index (χ2n) is 5.85. The van der Waals surface area contributed by atoms with Crippen LogP contribution in [0, 0.1) is 0 Å². The summed E-state index contributed by atoms with van der Waals surface area (Å²) in [6.07, 6.45) is -1.66. The highest BCUT2D eigenvalue weighted by Crippen LogP contribution is 2.35. The molecule has 0 radical (unpaired) electrons. The number of rotatable bonds is 4. The second-order valence-corrected chi connectivity index (χ2v) is 5.85. The Bertz CT molecular complexity index is 922. The Labute approximate surface area is 148 Å². The molecule has 0 spiro atoms. The summed E-state index contributed by atoms with van der Waals surface area (Å²) in [6.45, 7) is 3.64. The summed E-state index contributed by atoms with van der Waals surface area (Å²) in [5.41, 5.74) is 4.25. The molecule has 7 heteroatoms. The van der Waals surface area contributed by atoms with E-state index in [-0.39, 0.29) is 5.75 Å². The third-order valence-corrected chi connectivity index (χ3v) is 4.07. The van der Waals surface area contributed by atoms with Crippen molar-refractivity contribution in [2.45, 2.75) is 32.7 Å². The van der Waals surface area contributed by atoms with Crippen LogP contribution in [0.25, 0.3) is 22.2 Å². The van der Waals surface area contributed by atoms with Crippen molar-refractivity contribution in [2.75, 3.05) is 0 Å². The normalized spacial score (nSPS) is 13.0. The SMILES string of the molecule is CCc1cc(-c2ccc(OC(F)(F)F)cc2)c2nccnc2c1C(C)O. The summed E-state index contributed by atoms with van der Waals surface area (Å²) in [7, 11) is 0. The first-order valence-corrected chi connectivity index (χ1v) is 8.11. The number of hydrogen-bond acceptors (Lipinski definition) is 4. The lowest BCUT2D eigenvalue weighted by Crippen LogP contribution is -2.16. The average molecular weight is 362 g/mol. The molecule has 0 saturated carbocycles. The van der Waals surface area contributed by atoms with Crippen molar-refractivity contribution in [3.05, 3.63) is 53.9 Å². The molecular weight excluding hydrogens is 345 g/mol. The van der Waals surface area contributed by atoms with E-state index in [9.17, 15) is 18.3 Å². The van der Waals surface area contributed by atoms with E-state index in [2.05, 4.69) is 14.7 Å². The first-order chi connectivity index (χ1) is 12.3. The van der Waals surface area contributed by atoms with Gasteiger partial charge in [-0.3, -0.25) is 9.97 Å². The van der Waals surface area contributed by atoms with Gasteiger partial charge in [-0.05, 0) is 42.7 Å². The highest BCUT2D eigenvalue weighted by atomic mass is 19.4. The monoisotopic (exact) mass is 362 g/mol. The van der Waals surface area contributed by atoms with Crippen LogP contribution in [0.3, 0.4) is 0 Å². The van der Waals surface area contributed by atoms with E-state index in [0.29, 0.717) is 23.0 Å². The van der Waals surface area contributed by atoms with Gasteiger partial charge in [0, 0.05) is 23.5 Å². The molecule has 0 aliphatic carbocycles. The average Bonchev–Trinajstić information content (AvgIpc) is 2.59. The molecule has 4 nitrogen and oxygen atoms in total. The quantitative estimate of drug-likeness (QED) is 0.724. The van der Waals surface area contributed by atoms with Gasteiger partial charge in [-0.1, -0.05) is 19.1 Å². The highest BCUT2D eigenvalue weighted by Gasteiger charge is 2.31. The van der Waals surface area contributed by atoms with Crippen LogP contribution in [-0.4, -0.2) is 21.4 Å². The van der Waals surface area contributed by atoms with Gasteiger partial charge in [0.05, 0.1) is 17.1 Å². The Morgan fingerprint density at radius 1 is 1.08 bits per heavy atom. The standard InChI is InChI=1S/C19H17F3N2O2/c1-3-12-10-15(13-4-6-14(7-5-13)26-19(20,21)22)17-18(16(12)11(2)25)24-9-8-23-17/h4-11,25H,3H2,1-2H3. The van der Waals surface area contributed by atoms with E-state index in [0.717, 1.165) is 16.7 Å². The van der Waals surface area contributed by atoms with E-state index in [4.69, 9.17) is 0 Å². The van der Waals surface area contributed by atoms with E-state index < -0.39 is 12.5 Å². The summed E-state index contributed by atoms with van der Waals surface area (Å²) in [6, 6.07) is 7.52. The molecule has 2 aromatic carbocycles. The van der Waals surface area contributed by atoms with Crippen molar-refractivity contribution >= 4 is 11.0 Å². The fourth-order valence-electron chi connectivity index (χ4n) is 3.02. The molecule has 0 aliphatic rings. The predicted molar refractivity (Wildman–Crippen MR) is 91.7 cm³/mol. The zero-order chi connectivity index (χ0) is 18.9. The van der Waals surface area contributed by atoms with Gasteiger partial charge < -0.3 is 9.84 Å². The number of aryl methyl sites for hydroxylation is 1. The minimum atomic E-state index is -4.73. The lowest BCUT2D eigenvalue weighted by molar-refractivity contribution is -0.274. The van der Waals surface area contributed by atoms with Crippen molar-refractivity contribution in [3.63, 3.8) is 0 Å². The number of aliphatic hydroxyl groups is 1. The second kappa shape index (κ2) is 6.92. The molecule has 1 aromatic heterocycles. The molecule has 3 aromatic rings. The van der Waals surface area contributed by atoms with Crippen LogP contribution < -0.4 is 4.74 Å². The van der Waals surface area contributed by atoms with Gasteiger partial charge in [0.15, 0.2) is 0 Å². The molecular formula is C19H17F3N2O2. The zero-order valence-corrected chi connectivity index (χ0v) is 14.2. The van der Waals surface area contributed by atoms with Gasteiger partial charge in [-0.25, -0.2) is 0 Å². The van der Waals surface area contributed by atoms with Crippen LogP contribution in [0.2, 0.25) is 0 Å². The zero-order valence-electron chi connectivity index (χ0n) is 14.2. The molecule has 26 heavy (non-hydrogen) atoms. The predicted octanol–water partition coefficient (Wildman–Crippen LogP) is 4.81. The van der Waals surface area contributed by atoms with Gasteiger partial charge in [0.25, 0.3) is 0 Å². The van der Waals surface area contributed by atoms with Crippen molar-refractivity contribution < 1.29 is 23.0 Å². The summed E-state index contributed by atoms with van der Waals surface area (Å²) in [4.78, 5) is 8.74. The largest absolute Gasteiger partial charge is 0.573 e. The minimum Gasteiger partial charge on any atom is -0.406 e.